The third kappa shape index (κ3) is 12.2. The van der Waals surface area contributed by atoms with Crippen molar-refractivity contribution in [1.82, 2.24) is 9.55 Å². The molecule has 8 heteroatoms. The van der Waals surface area contributed by atoms with Crippen molar-refractivity contribution in [2.24, 2.45) is 13.0 Å². The molecule has 2 aliphatic heterocycles. The first-order valence-electron chi connectivity index (χ1n) is 20.0. The van der Waals surface area contributed by atoms with E-state index in [-0.39, 0.29) is 5.56 Å². The number of carboxylic acid groups (broad SMARTS) is 1. The molecule has 3 heterocycles. The van der Waals surface area contributed by atoms with E-state index in [1.165, 1.54) is 12.0 Å². The molecular weight excluding hydrogens is 713 g/mol. The van der Waals surface area contributed by atoms with Crippen LogP contribution >= 0.6 is 0 Å². The molecule has 0 aliphatic carbocycles. The molecule has 2 aliphatic rings. The summed E-state index contributed by atoms with van der Waals surface area (Å²) in [6.07, 6.45) is 20.2. The Balaban J connectivity index is 0.00000146. The molecule has 0 atom stereocenters. The fraction of sp³-hybridized carbons (Fsp3) is 0.347. The number of aryl methyl sites for hydroxylation is 2. The van der Waals surface area contributed by atoms with Gasteiger partial charge < -0.3 is 28.6 Å². The van der Waals surface area contributed by atoms with Crippen LogP contribution in [0.1, 0.15) is 97.4 Å². The Morgan fingerprint density at radius 1 is 1.02 bits per heavy atom. The van der Waals surface area contributed by atoms with E-state index in [0.29, 0.717) is 31.3 Å². The number of hydrogen-bond donors (Lipinski definition) is 1. The maximum Gasteiger partial charge on any atom is 0.335 e. The Kier molecular flexibility index (Phi) is 15.7. The lowest BCUT2D eigenvalue weighted by Crippen LogP contribution is -2.09. The van der Waals surface area contributed by atoms with Gasteiger partial charge in [0.25, 0.3) is 0 Å². The van der Waals surface area contributed by atoms with E-state index in [0.717, 1.165) is 101 Å². The fourth-order valence-corrected chi connectivity index (χ4v) is 6.35. The summed E-state index contributed by atoms with van der Waals surface area (Å²) in [5, 5.41) is 9.55. The van der Waals surface area contributed by atoms with E-state index >= 15 is 0 Å². The molecule has 6 rings (SSSR count). The number of benzene rings is 3. The van der Waals surface area contributed by atoms with Gasteiger partial charge in [-0.25, -0.2) is 9.78 Å². The number of rotatable bonds is 10. The van der Waals surface area contributed by atoms with E-state index in [2.05, 4.69) is 88.1 Å². The number of fused-ring (bicyclic) bond motifs is 4. The highest BCUT2D eigenvalue weighted by Gasteiger charge is 2.16. The SMILES string of the molecule is C1COC1.C=C(/C=C(\C=C/C(C)C)c1ccc2c(c1)CCCOc1cc(ccc1Cc1nc3ccc(C(=O)O)cc3n1C)C(=C/CCC)/C=C\C=C(/C)OC2)OC. The van der Waals surface area contributed by atoms with Crippen LogP contribution in [-0.4, -0.2) is 47.6 Å². The number of aromatic nitrogens is 2. The first-order chi connectivity index (χ1) is 27.6. The summed E-state index contributed by atoms with van der Waals surface area (Å²) in [7, 11) is 3.57. The Morgan fingerprint density at radius 2 is 1.79 bits per heavy atom. The normalized spacial score (nSPS) is 17.1. The molecule has 1 N–H and O–H groups in total. The lowest BCUT2D eigenvalue weighted by Gasteiger charge is -2.17. The Labute approximate surface area is 338 Å². The predicted molar refractivity (Wildman–Crippen MR) is 231 cm³/mol. The molecule has 1 aromatic heterocycles. The van der Waals surface area contributed by atoms with E-state index in [1.54, 1.807) is 25.3 Å². The van der Waals surface area contributed by atoms with Crippen molar-refractivity contribution >= 4 is 28.1 Å². The van der Waals surface area contributed by atoms with Crippen molar-refractivity contribution in [2.75, 3.05) is 26.9 Å². The van der Waals surface area contributed by atoms with Gasteiger partial charge >= 0.3 is 5.97 Å². The topological polar surface area (TPSA) is 92.0 Å². The highest BCUT2D eigenvalue weighted by molar-refractivity contribution is 5.92. The van der Waals surface area contributed by atoms with Gasteiger partial charge in [-0.2, -0.15) is 0 Å². The van der Waals surface area contributed by atoms with Crippen molar-refractivity contribution in [1.29, 1.82) is 0 Å². The van der Waals surface area contributed by atoms with Crippen LogP contribution in [0.25, 0.3) is 22.2 Å². The van der Waals surface area contributed by atoms with Gasteiger partial charge in [-0.05, 0) is 108 Å². The molecule has 0 unspecified atom stereocenters. The van der Waals surface area contributed by atoms with Gasteiger partial charge in [0.15, 0.2) is 0 Å². The van der Waals surface area contributed by atoms with E-state index in [9.17, 15) is 9.90 Å². The quantitative estimate of drug-likeness (QED) is 0.127. The average Bonchev–Trinajstić information content (AvgIpc) is 3.48. The number of hydrogen-bond acceptors (Lipinski definition) is 6. The summed E-state index contributed by atoms with van der Waals surface area (Å²) in [5.74, 6) is 2.53. The first kappa shape index (κ1) is 42.5. The molecule has 4 aromatic rings. The third-order valence-corrected chi connectivity index (χ3v) is 9.89. The summed E-state index contributed by atoms with van der Waals surface area (Å²) in [6.45, 7) is 15.5. The fourth-order valence-electron chi connectivity index (χ4n) is 6.35. The second-order valence-electron chi connectivity index (χ2n) is 14.7. The van der Waals surface area contributed by atoms with E-state index in [1.807, 2.05) is 36.8 Å². The number of nitrogens with zero attached hydrogens (tertiary/aromatic N) is 2. The monoisotopic (exact) mass is 770 g/mol. The Bertz CT molecular complexity index is 2170. The molecule has 300 valence electrons. The molecule has 2 bridgehead atoms. The van der Waals surface area contributed by atoms with Crippen LogP contribution in [-0.2, 0) is 40.7 Å². The van der Waals surface area contributed by atoms with Crippen LogP contribution in [0.15, 0.2) is 115 Å². The lowest BCUT2D eigenvalue weighted by molar-refractivity contribution is 0.0367. The van der Waals surface area contributed by atoms with E-state index in [4.69, 9.17) is 23.9 Å². The minimum absolute atomic E-state index is 0.240. The number of carbonyl (C=O) groups is 1. The van der Waals surface area contributed by atoms with Crippen LogP contribution in [0.2, 0.25) is 0 Å². The second kappa shape index (κ2) is 21.1. The number of methoxy groups -OCH3 is 1. The lowest BCUT2D eigenvalue weighted by atomic mass is 9.95. The molecule has 1 saturated heterocycles. The number of unbranched alkanes of at least 4 members (excludes halogenated alkanes) is 1. The van der Waals surface area contributed by atoms with Crippen molar-refractivity contribution in [3.8, 4) is 5.75 Å². The first-order valence-corrected chi connectivity index (χ1v) is 20.0. The van der Waals surface area contributed by atoms with E-state index < -0.39 is 5.97 Å². The largest absolute Gasteiger partial charge is 0.497 e. The van der Waals surface area contributed by atoms with Crippen molar-refractivity contribution in [2.45, 2.75) is 72.8 Å². The maximum absolute atomic E-state index is 11.7. The van der Waals surface area contributed by atoms with Crippen molar-refractivity contribution in [3.05, 3.63) is 154 Å². The Hall–Kier alpha value is -5.60. The van der Waals surface area contributed by atoms with Gasteiger partial charge in [-0.3, -0.25) is 0 Å². The van der Waals surface area contributed by atoms with Crippen molar-refractivity contribution < 1.29 is 28.8 Å². The van der Waals surface area contributed by atoms with Gasteiger partial charge in [-0.1, -0.05) is 94.5 Å². The number of imidazole rings is 1. The zero-order valence-corrected chi connectivity index (χ0v) is 34.5. The predicted octanol–water partition coefficient (Wildman–Crippen LogP) is 11.2. The Morgan fingerprint density at radius 3 is 2.49 bits per heavy atom. The summed E-state index contributed by atoms with van der Waals surface area (Å²) < 4.78 is 25.0. The van der Waals surface area contributed by atoms with Crippen molar-refractivity contribution in [3.63, 3.8) is 0 Å². The highest BCUT2D eigenvalue weighted by Crippen LogP contribution is 2.30. The maximum atomic E-state index is 11.7. The number of aromatic carboxylic acids is 1. The molecule has 3 aromatic carbocycles. The molecule has 0 amide bonds. The molecular formula is C49H58N2O6. The molecule has 0 spiro atoms. The average molecular weight is 771 g/mol. The van der Waals surface area contributed by atoms with Crippen LogP contribution in [0.3, 0.4) is 0 Å². The van der Waals surface area contributed by atoms with Gasteiger partial charge in [0.1, 0.15) is 23.9 Å². The van der Waals surface area contributed by atoms with Gasteiger partial charge in [0, 0.05) is 32.2 Å². The van der Waals surface area contributed by atoms with Crippen LogP contribution in [0.4, 0.5) is 0 Å². The van der Waals surface area contributed by atoms with Crippen LogP contribution in [0.5, 0.6) is 5.75 Å². The second-order valence-corrected chi connectivity index (χ2v) is 14.7. The van der Waals surface area contributed by atoms with Crippen LogP contribution in [0, 0.1) is 5.92 Å². The summed E-state index contributed by atoms with van der Waals surface area (Å²) in [5.41, 5.74) is 9.45. The number of allylic oxidation sites excluding steroid dienone is 10. The smallest absolute Gasteiger partial charge is 0.335 e. The molecule has 8 nitrogen and oxygen atoms in total. The number of ether oxygens (including phenoxy) is 4. The van der Waals surface area contributed by atoms with Gasteiger partial charge in [0.2, 0.25) is 0 Å². The summed E-state index contributed by atoms with van der Waals surface area (Å²) in [4.78, 5) is 16.5. The van der Waals surface area contributed by atoms with Crippen LogP contribution < -0.4 is 4.74 Å². The summed E-state index contributed by atoms with van der Waals surface area (Å²) in [6, 6.07) is 18.0. The van der Waals surface area contributed by atoms with Gasteiger partial charge in [-0.15, -0.1) is 0 Å². The molecule has 0 saturated carbocycles. The minimum atomic E-state index is -0.957. The molecule has 0 radical (unpaired) electrons. The standard InChI is InChI=1S/C46H52N2O5.C3H6O/c1-8-9-13-34-14-10-12-32(4)53-30-41-21-19-37(36(17-16-31(2)3)25-33(5)51-7)26-35(41)15-11-24-52-44-28-38(34)18-20-39(44)29-45-47-42-23-22-40(46(49)50)27-43(42)48(45)6;1-2-4-3-1/h10,12-14,16-23,25-28,31H,5,8-9,11,15,24,29-30H2,1-4,6-7H3,(H,49,50);1-3H2/b14-10-,17-16-,32-12+,34-13+,36-25+;. The summed E-state index contributed by atoms with van der Waals surface area (Å²) >= 11 is 0. The molecule has 57 heavy (non-hydrogen) atoms. The molecule has 1 fully saturated rings. The highest BCUT2D eigenvalue weighted by atomic mass is 16.5. The zero-order valence-electron chi connectivity index (χ0n) is 34.5. The zero-order chi connectivity index (χ0) is 40.7. The number of carboxylic acids is 1. The minimum Gasteiger partial charge on any atom is -0.497 e. The van der Waals surface area contributed by atoms with Gasteiger partial charge in [0.05, 0.1) is 36.1 Å². The third-order valence-electron chi connectivity index (χ3n) is 9.89.